The zero-order valence-electron chi connectivity index (χ0n) is 18.8. The van der Waals surface area contributed by atoms with Crippen LogP contribution in [0.3, 0.4) is 0 Å². The molecule has 4 rings (SSSR count). The maximum absolute atomic E-state index is 12.6. The second kappa shape index (κ2) is 10.9. The highest BCUT2D eigenvalue weighted by Crippen LogP contribution is 2.23. The molecule has 3 heterocycles. The van der Waals surface area contributed by atoms with Crippen molar-refractivity contribution in [3.8, 4) is 5.75 Å². The van der Waals surface area contributed by atoms with Crippen molar-refractivity contribution >= 4 is 22.8 Å². The summed E-state index contributed by atoms with van der Waals surface area (Å²) in [6.45, 7) is 5.23. The van der Waals surface area contributed by atoms with E-state index in [9.17, 15) is 14.7 Å². The number of carboxylic acid groups (broad SMARTS) is 1. The second-order valence-electron chi connectivity index (χ2n) is 8.86. The number of nitrogens with zero attached hydrogens (tertiary/aromatic N) is 4. The smallest absolute Gasteiger partial charge is 0.306 e. The topological polar surface area (TPSA) is 106 Å². The first-order valence-corrected chi connectivity index (χ1v) is 11.6. The van der Waals surface area contributed by atoms with Crippen LogP contribution in [0.15, 0.2) is 36.5 Å². The fraction of sp³-hybridized carbons (Fsp3) is 0.542. The second-order valence-corrected chi connectivity index (χ2v) is 8.86. The summed E-state index contributed by atoms with van der Waals surface area (Å²) in [4.78, 5) is 34.1. The quantitative estimate of drug-likeness (QED) is 0.604. The molecular formula is C24H32N4O5. The van der Waals surface area contributed by atoms with Gasteiger partial charge in [0.1, 0.15) is 18.5 Å². The van der Waals surface area contributed by atoms with E-state index in [2.05, 4.69) is 14.8 Å². The number of pyridine rings is 1. The standard InChI is InChI=1S/C24H32N4O5/c29-19(17-33-22-5-1-4-21-20(22)3-2-8-25-21)15-26-11-13-27(14-12-26)16-23(30)28-9-6-18(7-10-28)24(31)32/h1-5,8,18-19,29H,6-7,9-17H2,(H,31,32)/t19-/m1/s1. The van der Waals surface area contributed by atoms with Gasteiger partial charge in [0.25, 0.3) is 0 Å². The van der Waals surface area contributed by atoms with Gasteiger partial charge < -0.3 is 19.8 Å². The van der Waals surface area contributed by atoms with Crippen molar-refractivity contribution in [2.45, 2.75) is 18.9 Å². The van der Waals surface area contributed by atoms with Gasteiger partial charge in [0.05, 0.1) is 18.0 Å². The molecule has 1 amide bonds. The molecule has 2 aliphatic rings. The summed E-state index contributed by atoms with van der Waals surface area (Å²) in [5.41, 5.74) is 0.862. The lowest BCUT2D eigenvalue weighted by Gasteiger charge is -2.37. The zero-order valence-corrected chi connectivity index (χ0v) is 18.8. The molecule has 2 N–H and O–H groups in total. The number of carbonyl (C=O) groups is 2. The minimum Gasteiger partial charge on any atom is -0.490 e. The first kappa shape index (κ1) is 23.4. The molecule has 178 valence electrons. The number of piperidine rings is 1. The van der Waals surface area contributed by atoms with Gasteiger partial charge in [-0.15, -0.1) is 0 Å². The Morgan fingerprint density at radius 3 is 2.48 bits per heavy atom. The van der Waals surface area contributed by atoms with Gasteiger partial charge in [0.15, 0.2) is 0 Å². The van der Waals surface area contributed by atoms with E-state index in [1.165, 1.54) is 0 Å². The van der Waals surface area contributed by atoms with E-state index in [1.54, 1.807) is 11.1 Å². The van der Waals surface area contributed by atoms with E-state index in [4.69, 9.17) is 9.84 Å². The number of rotatable bonds is 8. The maximum atomic E-state index is 12.6. The Labute approximate surface area is 193 Å². The van der Waals surface area contributed by atoms with Gasteiger partial charge in [0, 0.05) is 57.4 Å². The number of fused-ring (bicyclic) bond motifs is 1. The number of carbonyl (C=O) groups excluding carboxylic acids is 1. The monoisotopic (exact) mass is 456 g/mol. The van der Waals surface area contributed by atoms with E-state index in [-0.39, 0.29) is 18.4 Å². The predicted octanol–water partition coefficient (Wildman–Crippen LogP) is 0.915. The first-order chi connectivity index (χ1) is 16.0. The first-order valence-electron chi connectivity index (χ1n) is 11.6. The van der Waals surface area contributed by atoms with Gasteiger partial charge in [-0.2, -0.15) is 0 Å². The summed E-state index contributed by atoms with van der Waals surface area (Å²) in [5.74, 6) is -0.300. The molecule has 1 aromatic heterocycles. The van der Waals surface area contributed by atoms with Crippen molar-refractivity contribution in [2.24, 2.45) is 5.92 Å². The third-order valence-electron chi connectivity index (χ3n) is 6.53. The van der Waals surface area contributed by atoms with Gasteiger partial charge in [-0.1, -0.05) is 6.07 Å². The normalized spacial score (nSPS) is 19.5. The SMILES string of the molecule is O=C(O)C1CCN(C(=O)CN2CCN(C[C@@H](O)COc3cccc4ncccc34)CC2)CC1. The fourth-order valence-electron chi connectivity index (χ4n) is 4.53. The summed E-state index contributed by atoms with van der Waals surface area (Å²) >= 11 is 0. The average molecular weight is 457 g/mol. The van der Waals surface area contributed by atoms with Gasteiger partial charge in [-0.25, -0.2) is 0 Å². The average Bonchev–Trinajstić information content (AvgIpc) is 2.84. The molecule has 2 aliphatic heterocycles. The molecule has 0 saturated carbocycles. The molecule has 2 saturated heterocycles. The van der Waals surface area contributed by atoms with E-state index in [0.717, 1.165) is 42.8 Å². The molecule has 33 heavy (non-hydrogen) atoms. The number of β-amino-alcohol motifs (C(OH)–C–C–N with tert-alkyl or cyclic N) is 1. The third kappa shape index (κ3) is 6.19. The van der Waals surface area contributed by atoms with Crippen LogP contribution in [0.4, 0.5) is 0 Å². The molecule has 1 aromatic carbocycles. The number of ether oxygens (including phenoxy) is 1. The van der Waals surface area contributed by atoms with Crippen LogP contribution < -0.4 is 4.74 Å². The number of benzene rings is 1. The Bertz CT molecular complexity index is 950. The van der Waals surface area contributed by atoms with Crippen molar-refractivity contribution in [3.63, 3.8) is 0 Å². The Morgan fingerprint density at radius 1 is 1.03 bits per heavy atom. The third-order valence-corrected chi connectivity index (χ3v) is 6.53. The Balaban J connectivity index is 1.16. The Morgan fingerprint density at radius 2 is 1.76 bits per heavy atom. The highest BCUT2D eigenvalue weighted by Gasteiger charge is 2.28. The van der Waals surface area contributed by atoms with E-state index >= 15 is 0 Å². The number of carboxylic acids is 1. The molecule has 9 nitrogen and oxygen atoms in total. The highest BCUT2D eigenvalue weighted by molar-refractivity contribution is 5.84. The summed E-state index contributed by atoms with van der Waals surface area (Å²) in [6.07, 6.45) is 2.20. The molecule has 0 bridgehead atoms. The van der Waals surface area contributed by atoms with E-state index < -0.39 is 12.1 Å². The molecule has 0 aliphatic carbocycles. The number of amides is 1. The lowest BCUT2D eigenvalue weighted by Crippen LogP contribution is -2.52. The van der Waals surface area contributed by atoms with Gasteiger partial charge in [0.2, 0.25) is 5.91 Å². The van der Waals surface area contributed by atoms with Crippen LogP contribution in [0.25, 0.3) is 10.9 Å². The van der Waals surface area contributed by atoms with Crippen LogP contribution in [-0.4, -0.2) is 107 Å². The Kier molecular flexibility index (Phi) is 7.74. The zero-order chi connectivity index (χ0) is 23.2. The molecule has 0 radical (unpaired) electrons. The maximum Gasteiger partial charge on any atom is 0.306 e. The number of aliphatic hydroxyl groups is 1. The lowest BCUT2D eigenvalue weighted by atomic mass is 9.97. The summed E-state index contributed by atoms with van der Waals surface area (Å²) in [5, 5.41) is 20.5. The molecule has 2 fully saturated rings. The van der Waals surface area contributed by atoms with Crippen molar-refractivity contribution in [2.75, 3.05) is 59.0 Å². The number of hydrogen-bond donors (Lipinski definition) is 2. The van der Waals surface area contributed by atoms with Crippen LogP contribution in [0.5, 0.6) is 5.75 Å². The van der Waals surface area contributed by atoms with Crippen LogP contribution in [0.2, 0.25) is 0 Å². The molecule has 0 spiro atoms. The fourth-order valence-corrected chi connectivity index (χ4v) is 4.53. The highest BCUT2D eigenvalue weighted by atomic mass is 16.5. The summed E-state index contributed by atoms with van der Waals surface area (Å²) in [6, 6.07) is 9.54. The Hall–Kier alpha value is -2.75. The number of aromatic nitrogens is 1. The summed E-state index contributed by atoms with van der Waals surface area (Å²) in [7, 11) is 0. The summed E-state index contributed by atoms with van der Waals surface area (Å²) < 4.78 is 5.87. The molecular weight excluding hydrogens is 424 g/mol. The number of piperazine rings is 1. The van der Waals surface area contributed by atoms with Crippen LogP contribution in [0, 0.1) is 5.92 Å². The van der Waals surface area contributed by atoms with Crippen molar-refractivity contribution in [1.82, 2.24) is 19.7 Å². The van der Waals surface area contributed by atoms with Crippen molar-refractivity contribution < 1.29 is 24.5 Å². The minimum absolute atomic E-state index is 0.0744. The van der Waals surface area contributed by atoms with Gasteiger partial charge in [-0.3, -0.25) is 24.4 Å². The number of likely N-dealkylation sites (tertiary alicyclic amines) is 1. The molecule has 0 unspecified atom stereocenters. The van der Waals surface area contributed by atoms with Crippen molar-refractivity contribution in [3.05, 3.63) is 36.5 Å². The lowest BCUT2D eigenvalue weighted by molar-refractivity contribution is -0.146. The number of aliphatic hydroxyl groups excluding tert-OH is 1. The molecule has 9 heteroatoms. The van der Waals surface area contributed by atoms with Crippen LogP contribution in [-0.2, 0) is 9.59 Å². The largest absolute Gasteiger partial charge is 0.490 e. The number of hydrogen-bond acceptors (Lipinski definition) is 7. The van der Waals surface area contributed by atoms with Crippen molar-refractivity contribution in [1.29, 1.82) is 0 Å². The number of aliphatic carboxylic acids is 1. The van der Waals surface area contributed by atoms with E-state index in [0.29, 0.717) is 39.0 Å². The molecule has 1 atom stereocenters. The van der Waals surface area contributed by atoms with Gasteiger partial charge >= 0.3 is 5.97 Å². The van der Waals surface area contributed by atoms with Crippen LogP contribution >= 0.6 is 0 Å². The van der Waals surface area contributed by atoms with Crippen LogP contribution in [0.1, 0.15) is 12.8 Å². The van der Waals surface area contributed by atoms with Gasteiger partial charge in [-0.05, 0) is 37.1 Å². The molecule has 2 aromatic rings. The predicted molar refractivity (Wildman–Crippen MR) is 123 cm³/mol. The van der Waals surface area contributed by atoms with E-state index in [1.807, 2.05) is 30.3 Å². The minimum atomic E-state index is -0.764.